The molecule has 166 valence electrons. The number of amides is 2. The first-order valence-electron chi connectivity index (χ1n) is 11.3. The second kappa shape index (κ2) is 9.08. The summed E-state index contributed by atoms with van der Waals surface area (Å²) in [7, 11) is 0. The molecule has 2 aliphatic rings. The van der Waals surface area contributed by atoms with Gasteiger partial charge in [0.15, 0.2) is 0 Å². The fourth-order valence-corrected chi connectivity index (χ4v) is 4.64. The van der Waals surface area contributed by atoms with E-state index >= 15 is 0 Å². The lowest BCUT2D eigenvalue weighted by Crippen LogP contribution is -2.41. The Morgan fingerprint density at radius 3 is 2.74 bits per heavy atom. The number of hydrogen-bond donors (Lipinski definition) is 1. The molecule has 0 aliphatic carbocycles. The summed E-state index contributed by atoms with van der Waals surface area (Å²) in [6.07, 6.45) is 6.83. The van der Waals surface area contributed by atoms with Gasteiger partial charge in [0.1, 0.15) is 11.5 Å². The molecule has 0 spiro atoms. The molecular weight excluding hydrogens is 392 g/mol. The van der Waals surface area contributed by atoms with E-state index in [0.29, 0.717) is 30.4 Å². The number of carbonyl (C=O) groups excluding carboxylic acids is 2. The van der Waals surface area contributed by atoms with Crippen LogP contribution in [0.4, 0.5) is 11.5 Å². The Kier molecular flexibility index (Phi) is 6.25. The van der Waals surface area contributed by atoms with E-state index in [2.05, 4.69) is 20.3 Å². The van der Waals surface area contributed by atoms with Gasteiger partial charge in [-0.25, -0.2) is 4.98 Å². The highest BCUT2D eigenvalue weighted by Gasteiger charge is 2.40. The van der Waals surface area contributed by atoms with Crippen LogP contribution in [0.2, 0.25) is 0 Å². The highest BCUT2D eigenvalue weighted by molar-refractivity contribution is 5.93. The van der Waals surface area contributed by atoms with Gasteiger partial charge in [0.2, 0.25) is 5.91 Å². The molecule has 2 aliphatic heterocycles. The molecule has 2 amide bonds. The van der Waals surface area contributed by atoms with Crippen LogP contribution in [0.15, 0.2) is 30.6 Å². The van der Waals surface area contributed by atoms with Gasteiger partial charge in [-0.05, 0) is 43.9 Å². The van der Waals surface area contributed by atoms with Crippen LogP contribution in [0.1, 0.15) is 50.5 Å². The van der Waals surface area contributed by atoms with E-state index < -0.39 is 0 Å². The molecule has 2 fully saturated rings. The van der Waals surface area contributed by atoms with Crippen LogP contribution in [-0.2, 0) is 11.3 Å². The minimum Gasteiger partial charge on any atom is -0.352 e. The molecule has 8 heteroatoms. The van der Waals surface area contributed by atoms with Crippen LogP contribution >= 0.6 is 0 Å². The Hall–Kier alpha value is -2.90. The number of nitrogens with zero attached hydrogens (tertiary/aromatic N) is 5. The molecular formula is C23H32N6O2. The number of anilines is 2. The van der Waals surface area contributed by atoms with E-state index in [-0.39, 0.29) is 23.8 Å². The van der Waals surface area contributed by atoms with Crippen molar-refractivity contribution in [3.63, 3.8) is 0 Å². The third kappa shape index (κ3) is 4.43. The lowest BCUT2D eigenvalue weighted by molar-refractivity contribution is -0.118. The second-order valence-electron chi connectivity index (χ2n) is 8.81. The SMILES string of the molecule is CCn1nccc1C(=O)N1C[C@H]2CCCCN(c3ccc(NC(=O)C(C)C)cn3)[C@H]2C1. The summed E-state index contributed by atoms with van der Waals surface area (Å²) in [5, 5.41) is 7.15. The third-order valence-electron chi connectivity index (χ3n) is 6.39. The van der Waals surface area contributed by atoms with Crippen LogP contribution in [0.25, 0.3) is 0 Å². The smallest absolute Gasteiger partial charge is 0.272 e. The Morgan fingerprint density at radius 1 is 1.19 bits per heavy atom. The maximum absolute atomic E-state index is 13.2. The van der Waals surface area contributed by atoms with E-state index in [1.807, 2.05) is 43.9 Å². The van der Waals surface area contributed by atoms with Crippen LogP contribution in [0.3, 0.4) is 0 Å². The molecule has 1 N–H and O–H groups in total. The second-order valence-corrected chi connectivity index (χ2v) is 8.81. The Bertz CT molecular complexity index is 922. The number of nitrogens with one attached hydrogen (secondary N) is 1. The lowest BCUT2D eigenvalue weighted by atomic mass is 9.98. The van der Waals surface area contributed by atoms with E-state index in [4.69, 9.17) is 0 Å². The van der Waals surface area contributed by atoms with Gasteiger partial charge in [-0.1, -0.05) is 20.3 Å². The normalized spacial score (nSPS) is 21.2. The maximum Gasteiger partial charge on any atom is 0.272 e. The van der Waals surface area contributed by atoms with Gasteiger partial charge in [-0.2, -0.15) is 5.10 Å². The van der Waals surface area contributed by atoms with Crippen molar-refractivity contribution in [3.8, 4) is 0 Å². The van der Waals surface area contributed by atoms with Crippen molar-refractivity contribution in [2.24, 2.45) is 11.8 Å². The summed E-state index contributed by atoms with van der Waals surface area (Å²) >= 11 is 0. The lowest BCUT2D eigenvalue weighted by Gasteiger charge is -2.31. The standard InChI is InChI=1S/C23H32N6O2/c1-4-29-19(10-11-25-29)23(31)27-14-17-7-5-6-12-28(20(17)15-27)21-9-8-18(13-24-21)26-22(30)16(2)3/h8-11,13,16-17,20H,4-7,12,14-15H2,1-3H3,(H,26,30)/t17-,20+/m1/s1. The van der Waals surface area contributed by atoms with Gasteiger partial charge >= 0.3 is 0 Å². The monoisotopic (exact) mass is 424 g/mol. The summed E-state index contributed by atoms with van der Waals surface area (Å²) in [5.41, 5.74) is 1.37. The Balaban J connectivity index is 1.50. The summed E-state index contributed by atoms with van der Waals surface area (Å²) in [6, 6.07) is 5.96. The van der Waals surface area contributed by atoms with Crippen LogP contribution in [0, 0.1) is 11.8 Å². The molecule has 2 aromatic rings. The third-order valence-corrected chi connectivity index (χ3v) is 6.39. The van der Waals surface area contributed by atoms with Gasteiger partial charge in [0.05, 0.1) is 17.9 Å². The molecule has 0 bridgehead atoms. The van der Waals surface area contributed by atoms with Crippen LogP contribution < -0.4 is 10.2 Å². The largest absolute Gasteiger partial charge is 0.352 e. The molecule has 2 aromatic heterocycles. The number of carbonyl (C=O) groups is 2. The number of rotatable bonds is 5. The first kappa shape index (κ1) is 21.3. The fraction of sp³-hybridized carbons (Fsp3) is 0.565. The molecule has 0 saturated carbocycles. The molecule has 31 heavy (non-hydrogen) atoms. The average Bonchev–Trinajstić information content (AvgIpc) is 3.37. The van der Waals surface area contributed by atoms with E-state index in [1.165, 1.54) is 0 Å². The summed E-state index contributed by atoms with van der Waals surface area (Å²) in [4.78, 5) is 34.1. The number of pyridine rings is 1. The summed E-state index contributed by atoms with van der Waals surface area (Å²) < 4.78 is 1.76. The number of likely N-dealkylation sites (tertiary alicyclic amines) is 1. The van der Waals surface area contributed by atoms with Gasteiger partial charge in [-0.15, -0.1) is 0 Å². The van der Waals surface area contributed by atoms with E-state index in [1.54, 1.807) is 17.1 Å². The Morgan fingerprint density at radius 2 is 2.03 bits per heavy atom. The molecule has 0 unspecified atom stereocenters. The van der Waals surface area contributed by atoms with Crippen molar-refractivity contribution in [2.45, 2.75) is 52.6 Å². The van der Waals surface area contributed by atoms with Crippen molar-refractivity contribution < 1.29 is 9.59 Å². The van der Waals surface area contributed by atoms with E-state index in [9.17, 15) is 9.59 Å². The number of fused-ring (bicyclic) bond motifs is 1. The van der Waals surface area contributed by atoms with E-state index in [0.717, 1.165) is 38.2 Å². The number of hydrogen-bond acceptors (Lipinski definition) is 5. The molecule has 0 aromatic carbocycles. The van der Waals surface area contributed by atoms with Crippen LogP contribution in [0.5, 0.6) is 0 Å². The number of aryl methyl sites for hydroxylation is 1. The van der Waals surface area contributed by atoms with Gasteiger partial charge in [0.25, 0.3) is 5.91 Å². The van der Waals surface area contributed by atoms with Gasteiger partial charge in [-0.3, -0.25) is 14.3 Å². The first-order valence-corrected chi connectivity index (χ1v) is 11.3. The highest BCUT2D eigenvalue weighted by Crippen LogP contribution is 2.33. The minimum absolute atomic E-state index is 0.0133. The van der Waals surface area contributed by atoms with Gasteiger partial charge < -0.3 is 15.1 Å². The maximum atomic E-state index is 13.2. The van der Waals surface area contributed by atoms with Crippen molar-refractivity contribution in [1.29, 1.82) is 0 Å². The molecule has 2 saturated heterocycles. The van der Waals surface area contributed by atoms with Gasteiger partial charge in [0, 0.05) is 38.3 Å². The Labute approximate surface area is 183 Å². The summed E-state index contributed by atoms with van der Waals surface area (Å²) in [6.45, 7) is 8.83. The quantitative estimate of drug-likeness (QED) is 0.798. The molecule has 8 nitrogen and oxygen atoms in total. The van der Waals surface area contributed by atoms with Crippen molar-refractivity contribution in [3.05, 3.63) is 36.3 Å². The van der Waals surface area contributed by atoms with Crippen molar-refractivity contribution >= 4 is 23.3 Å². The highest BCUT2D eigenvalue weighted by atomic mass is 16.2. The molecule has 2 atom stereocenters. The molecule has 4 rings (SSSR count). The van der Waals surface area contributed by atoms with Crippen molar-refractivity contribution in [2.75, 3.05) is 29.9 Å². The molecule has 0 radical (unpaired) electrons. The predicted octanol–water partition coefficient (Wildman–Crippen LogP) is 3.02. The minimum atomic E-state index is -0.0722. The zero-order valence-corrected chi connectivity index (χ0v) is 18.6. The topological polar surface area (TPSA) is 83.4 Å². The zero-order valence-electron chi connectivity index (χ0n) is 18.6. The summed E-state index contributed by atoms with van der Waals surface area (Å²) in [5.74, 6) is 1.32. The van der Waals surface area contributed by atoms with Crippen LogP contribution in [-0.4, -0.2) is 57.2 Å². The zero-order chi connectivity index (χ0) is 22.0. The predicted molar refractivity (Wildman–Crippen MR) is 120 cm³/mol. The first-order chi connectivity index (χ1) is 15.0. The molecule has 4 heterocycles. The fourth-order valence-electron chi connectivity index (χ4n) is 4.64. The average molecular weight is 425 g/mol. The number of aromatic nitrogens is 3. The van der Waals surface area contributed by atoms with Crippen molar-refractivity contribution in [1.82, 2.24) is 19.7 Å².